The van der Waals surface area contributed by atoms with Crippen molar-refractivity contribution in [3.05, 3.63) is 0 Å². The quantitative estimate of drug-likeness (QED) is 0.533. The van der Waals surface area contributed by atoms with Gasteiger partial charge in [0, 0.05) is 0 Å². The van der Waals surface area contributed by atoms with Crippen LogP contribution in [0, 0.1) is 0 Å². The smallest absolute Gasteiger partial charge is 0.0928 e. The molecule has 0 aliphatic heterocycles. The lowest BCUT2D eigenvalue weighted by atomic mass is 10.9. The summed E-state index contributed by atoms with van der Waals surface area (Å²) < 4.78 is -0.538. The first kappa shape index (κ1) is 11.6. The van der Waals surface area contributed by atoms with Crippen molar-refractivity contribution in [2.24, 2.45) is 0 Å². The second kappa shape index (κ2) is 6.15. The van der Waals surface area contributed by atoms with Gasteiger partial charge in [0.2, 0.25) is 0 Å². The fourth-order valence-corrected chi connectivity index (χ4v) is 6.10. The molecule has 4 radical (unpaired) electrons. The SMILES string of the molecule is CC([Si]C(Cl)Cl)[Si]C(Cl)Cl. The van der Waals surface area contributed by atoms with Crippen molar-refractivity contribution in [3.8, 4) is 0 Å². The van der Waals surface area contributed by atoms with Crippen LogP contribution in [0.4, 0.5) is 0 Å². The molecule has 0 aromatic carbocycles. The lowest BCUT2D eigenvalue weighted by Crippen LogP contribution is -2.18. The first-order chi connectivity index (χ1) is 4.52. The molecule has 0 amide bonds. The fourth-order valence-electron chi connectivity index (χ4n) is 0.426. The molecule has 58 valence electrons. The van der Waals surface area contributed by atoms with Crippen LogP contribution in [0.15, 0.2) is 0 Å². The van der Waals surface area contributed by atoms with E-state index in [1.807, 2.05) is 6.92 Å². The number of hydrogen-bond acceptors (Lipinski definition) is 0. The van der Waals surface area contributed by atoms with E-state index in [4.69, 9.17) is 46.4 Å². The summed E-state index contributed by atoms with van der Waals surface area (Å²) in [6.07, 6.45) is 0. The van der Waals surface area contributed by atoms with Crippen molar-refractivity contribution in [1.82, 2.24) is 0 Å². The predicted molar refractivity (Wildman–Crippen MR) is 51.9 cm³/mol. The fraction of sp³-hybridized carbons (Fsp3) is 1.00. The molecule has 0 aromatic heterocycles. The zero-order chi connectivity index (χ0) is 8.15. The number of halogens is 4. The lowest BCUT2D eigenvalue weighted by molar-refractivity contribution is 1.29. The topological polar surface area (TPSA) is 0 Å². The van der Waals surface area contributed by atoms with Gasteiger partial charge in [0.1, 0.15) is 0 Å². The van der Waals surface area contributed by atoms with Crippen LogP contribution < -0.4 is 0 Å². The maximum absolute atomic E-state index is 5.55. The van der Waals surface area contributed by atoms with Crippen LogP contribution in [0.1, 0.15) is 6.92 Å². The Morgan fingerprint density at radius 3 is 1.40 bits per heavy atom. The van der Waals surface area contributed by atoms with Crippen molar-refractivity contribution in [1.29, 1.82) is 0 Å². The van der Waals surface area contributed by atoms with Gasteiger partial charge in [-0.05, 0) is 0 Å². The third-order valence-electron chi connectivity index (χ3n) is 0.752. The van der Waals surface area contributed by atoms with Crippen molar-refractivity contribution in [3.63, 3.8) is 0 Å². The van der Waals surface area contributed by atoms with Crippen LogP contribution in [-0.2, 0) is 0 Å². The average Bonchev–Trinajstić information content (AvgIpc) is 1.58. The Morgan fingerprint density at radius 2 is 1.20 bits per heavy atom. The molecule has 0 saturated carbocycles. The lowest BCUT2D eigenvalue weighted by Gasteiger charge is -2.08. The molecule has 0 nitrogen and oxygen atoms in total. The second-order valence-electron chi connectivity index (χ2n) is 1.66. The first-order valence-corrected chi connectivity index (χ1v) is 6.66. The van der Waals surface area contributed by atoms with E-state index in [2.05, 4.69) is 0 Å². The van der Waals surface area contributed by atoms with E-state index >= 15 is 0 Å². The summed E-state index contributed by atoms with van der Waals surface area (Å²) in [6, 6.07) is 0. The maximum atomic E-state index is 5.55. The van der Waals surface area contributed by atoms with Gasteiger partial charge in [-0.2, -0.15) is 0 Å². The molecule has 0 spiro atoms. The molecule has 0 heterocycles. The molecule has 0 fully saturated rings. The molecule has 6 heteroatoms. The summed E-state index contributed by atoms with van der Waals surface area (Å²) in [5, 5.41) is 0.444. The Morgan fingerprint density at radius 1 is 0.900 bits per heavy atom. The van der Waals surface area contributed by atoms with Gasteiger partial charge in [-0.3, -0.25) is 0 Å². The van der Waals surface area contributed by atoms with Gasteiger partial charge >= 0.3 is 0 Å². The van der Waals surface area contributed by atoms with Gasteiger partial charge in [-0.15, -0.1) is 46.4 Å². The van der Waals surface area contributed by atoms with E-state index in [0.29, 0.717) is 24.2 Å². The van der Waals surface area contributed by atoms with Crippen LogP contribution in [0.3, 0.4) is 0 Å². The van der Waals surface area contributed by atoms with Crippen LogP contribution in [0.5, 0.6) is 0 Å². The van der Waals surface area contributed by atoms with E-state index in [9.17, 15) is 0 Å². The zero-order valence-corrected chi connectivity index (χ0v) is 10.3. The van der Waals surface area contributed by atoms with Crippen LogP contribution >= 0.6 is 46.4 Å². The van der Waals surface area contributed by atoms with E-state index in [-0.39, 0.29) is 8.92 Å². The summed E-state index contributed by atoms with van der Waals surface area (Å²) in [5.74, 6) is 0. The third kappa shape index (κ3) is 7.70. The Hall–Kier alpha value is 1.59. The van der Waals surface area contributed by atoms with E-state index in [1.165, 1.54) is 0 Å². The molecule has 0 aliphatic carbocycles. The molecular formula is C4H6Cl4Si2. The second-order valence-corrected chi connectivity index (χ2v) is 9.44. The molecule has 0 aliphatic rings. The van der Waals surface area contributed by atoms with Crippen LogP contribution in [0.2, 0.25) is 5.16 Å². The molecule has 0 aromatic rings. The maximum Gasteiger partial charge on any atom is 0.0928 e. The predicted octanol–water partition coefficient (Wildman–Crippen LogP) is 2.68. The number of alkyl halides is 4. The van der Waals surface area contributed by atoms with E-state index < -0.39 is 0 Å². The van der Waals surface area contributed by atoms with E-state index in [1.54, 1.807) is 0 Å². The summed E-state index contributed by atoms with van der Waals surface area (Å²) in [4.78, 5) is 0. The monoisotopic (exact) mass is 250 g/mol. The molecule has 0 saturated heterocycles. The van der Waals surface area contributed by atoms with Gasteiger partial charge in [0.05, 0.1) is 28.0 Å². The van der Waals surface area contributed by atoms with Crippen molar-refractivity contribution in [2.45, 2.75) is 21.0 Å². The van der Waals surface area contributed by atoms with Crippen LogP contribution in [-0.4, -0.2) is 28.0 Å². The molecule has 0 unspecified atom stereocenters. The van der Waals surface area contributed by atoms with Crippen molar-refractivity contribution < 1.29 is 0 Å². The first-order valence-electron chi connectivity index (χ1n) is 2.60. The minimum absolute atomic E-state index is 0.269. The minimum Gasteiger partial charge on any atom is -0.110 e. The highest BCUT2D eigenvalue weighted by Gasteiger charge is 2.13. The normalized spacial score (nSPS) is 12.0. The Balaban J connectivity index is 3.34. The highest BCUT2D eigenvalue weighted by atomic mass is 35.5. The van der Waals surface area contributed by atoms with Crippen LogP contribution in [0.25, 0.3) is 0 Å². The van der Waals surface area contributed by atoms with Gasteiger partial charge < -0.3 is 0 Å². The summed E-state index contributed by atoms with van der Waals surface area (Å²) in [7, 11) is 1.06. The third-order valence-corrected chi connectivity index (χ3v) is 4.77. The molecule has 0 atom stereocenters. The largest absolute Gasteiger partial charge is 0.110 e. The zero-order valence-electron chi connectivity index (χ0n) is 5.24. The summed E-state index contributed by atoms with van der Waals surface area (Å²) in [5.41, 5.74) is 0. The summed E-state index contributed by atoms with van der Waals surface area (Å²) in [6.45, 7) is 2.05. The highest BCUT2D eigenvalue weighted by Crippen LogP contribution is 2.13. The summed E-state index contributed by atoms with van der Waals surface area (Å²) >= 11 is 22.2. The standard InChI is InChI=1S/C4H6Cl4Si2/c1-2(9-3(5)6)10-4(7)8/h2-4H,1H3. The van der Waals surface area contributed by atoms with E-state index in [0.717, 1.165) is 0 Å². The molecule has 0 bridgehead atoms. The minimum atomic E-state index is -0.269. The highest BCUT2D eigenvalue weighted by molar-refractivity contribution is 6.80. The van der Waals surface area contributed by atoms with Crippen molar-refractivity contribution in [2.75, 3.05) is 0 Å². The molecule has 0 N–H and O–H groups in total. The molecule has 10 heavy (non-hydrogen) atoms. The number of rotatable bonds is 4. The van der Waals surface area contributed by atoms with Gasteiger partial charge in [0.25, 0.3) is 0 Å². The van der Waals surface area contributed by atoms with Gasteiger partial charge in [0.15, 0.2) is 0 Å². The molecule has 0 rings (SSSR count). The number of hydrogen-bond donors (Lipinski definition) is 0. The van der Waals surface area contributed by atoms with Gasteiger partial charge in [-0.1, -0.05) is 12.1 Å². The average molecular weight is 252 g/mol. The Labute approximate surface area is 86.2 Å². The Kier molecular flexibility index (Phi) is 7.13. The molecular weight excluding hydrogens is 246 g/mol. The van der Waals surface area contributed by atoms with Gasteiger partial charge in [-0.25, -0.2) is 0 Å². The Bertz CT molecular complexity index is 77.3. The van der Waals surface area contributed by atoms with Crippen molar-refractivity contribution >= 4 is 65.4 Å².